The summed E-state index contributed by atoms with van der Waals surface area (Å²) in [6.07, 6.45) is 2.43. The molecule has 0 atom stereocenters. The summed E-state index contributed by atoms with van der Waals surface area (Å²) in [6, 6.07) is 9.26. The van der Waals surface area contributed by atoms with Gasteiger partial charge in [0.05, 0.1) is 17.9 Å². The summed E-state index contributed by atoms with van der Waals surface area (Å²) >= 11 is 0. The highest BCUT2D eigenvalue weighted by Gasteiger charge is 2.16. The average Bonchev–Trinajstić information content (AvgIpc) is 2.83. The molecule has 2 aromatic rings. The van der Waals surface area contributed by atoms with Gasteiger partial charge in [-0.3, -0.25) is 0 Å². The van der Waals surface area contributed by atoms with Crippen molar-refractivity contribution in [2.24, 2.45) is 0 Å². The van der Waals surface area contributed by atoms with E-state index in [4.69, 9.17) is 4.74 Å². The van der Waals surface area contributed by atoms with Crippen LogP contribution in [0, 0.1) is 0 Å². The Bertz CT molecular complexity index is 587. The largest absolute Gasteiger partial charge is 0.492 e. The summed E-state index contributed by atoms with van der Waals surface area (Å²) in [6.45, 7) is 4.45. The van der Waals surface area contributed by atoms with Crippen LogP contribution in [-0.2, 0) is 6.42 Å². The zero-order chi connectivity index (χ0) is 13.8. The number of carboxylic acids is 1. The first-order valence-corrected chi connectivity index (χ1v) is 6.34. The highest BCUT2D eigenvalue weighted by atomic mass is 16.5. The number of aromatic nitrogens is 1. The monoisotopic (exact) mass is 259 g/mol. The molecule has 0 saturated heterocycles. The topological polar surface area (TPSA) is 51.5 Å². The molecule has 100 valence electrons. The Morgan fingerprint density at radius 3 is 2.63 bits per heavy atom. The molecule has 0 aliphatic heterocycles. The molecular weight excluding hydrogens is 242 g/mol. The van der Waals surface area contributed by atoms with E-state index in [9.17, 15) is 9.90 Å². The maximum atomic E-state index is 11.2. The molecule has 0 unspecified atom stereocenters. The highest BCUT2D eigenvalue weighted by molar-refractivity contribution is 5.89. The van der Waals surface area contributed by atoms with Crippen molar-refractivity contribution >= 4 is 5.97 Å². The van der Waals surface area contributed by atoms with Crippen LogP contribution >= 0.6 is 0 Å². The Labute approximate surface area is 112 Å². The third-order valence-corrected chi connectivity index (χ3v) is 2.98. The van der Waals surface area contributed by atoms with E-state index in [0.29, 0.717) is 18.6 Å². The molecule has 0 fully saturated rings. The summed E-state index contributed by atoms with van der Waals surface area (Å²) < 4.78 is 7.48. The second-order valence-corrected chi connectivity index (χ2v) is 4.11. The van der Waals surface area contributed by atoms with Gasteiger partial charge in [0.1, 0.15) is 5.75 Å². The van der Waals surface area contributed by atoms with Gasteiger partial charge in [-0.25, -0.2) is 4.79 Å². The molecule has 19 heavy (non-hydrogen) atoms. The molecule has 0 bridgehead atoms. The lowest BCUT2D eigenvalue weighted by atomic mass is 10.2. The first-order valence-electron chi connectivity index (χ1n) is 6.34. The molecule has 1 heterocycles. The van der Waals surface area contributed by atoms with Crippen LogP contribution < -0.4 is 4.74 Å². The number of rotatable bonds is 5. The van der Waals surface area contributed by atoms with Crippen molar-refractivity contribution in [3.8, 4) is 11.4 Å². The van der Waals surface area contributed by atoms with Crippen LogP contribution in [0.2, 0.25) is 0 Å². The molecular formula is C15H17NO3. The SMILES string of the molecule is CCOc1ccccc1-n1ccc(C(=O)O)c1CC. The Hall–Kier alpha value is -2.23. The fourth-order valence-electron chi connectivity index (χ4n) is 2.18. The quantitative estimate of drug-likeness (QED) is 0.897. The number of ether oxygens (including phenoxy) is 1. The van der Waals surface area contributed by atoms with Crippen molar-refractivity contribution in [1.82, 2.24) is 4.57 Å². The molecule has 1 N–H and O–H groups in total. The zero-order valence-electron chi connectivity index (χ0n) is 11.1. The van der Waals surface area contributed by atoms with Gasteiger partial charge in [-0.05, 0) is 31.5 Å². The molecule has 0 aliphatic carbocycles. The normalized spacial score (nSPS) is 10.4. The number of aromatic carboxylic acids is 1. The van der Waals surface area contributed by atoms with E-state index in [1.165, 1.54) is 0 Å². The number of hydrogen-bond acceptors (Lipinski definition) is 2. The van der Waals surface area contributed by atoms with Crippen molar-refractivity contribution < 1.29 is 14.6 Å². The average molecular weight is 259 g/mol. The Morgan fingerprint density at radius 2 is 2.00 bits per heavy atom. The molecule has 0 radical (unpaired) electrons. The number of benzene rings is 1. The minimum atomic E-state index is -0.899. The highest BCUT2D eigenvalue weighted by Crippen LogP contribution is 2.26. The number of para-hydroxylation sites is 2. The predicted octanol–water partition coefficient (Wildman–Crippen LogP) is 3.14. The molecule has 0 saturated carbocycles. The lowest BCUT2D eigenvalue weighted by molar-refractivity contribution is 0.0695. The van der Waals surface area contributed by atoms with Crippen molar-refractivity contribution in [3.05, 3.63) is 47.8 Å². The van der Waals surface area contributed by atoms with Gasteiger partial charge in [-0.2, -0.15) is 0 Å². The molecule has 1 aromatic carbocycles. The number of carbonyl (C=O) groups is 1. The third-order valence-electron chi connectivity index (χ3n) is 2.98. The standard InChI is InChI=1S/C15H17NO3/c1-3-12-11(15(17)18)9-10-16(12)13-7-5-6-8-14(13)19-4-2/h5-10H,3-4H2,1-2H3,(H,17,18). The lowest BCUT2D eigenvalue weighted by Gasteiger charge is -2.13. The second-order valence-electron chi connectivity index (χ2n) is 4.11. The summed E-state index contributed by atoms with van der Waals surface area (Å²) in [5.41, 5.74) is 1.99. The van der Waals surface area contributed by atoms with E-state index in [2.05, 4.69) is 0 Å². The van der Waals surface area contributed by atoms with Gasteiger partial charge in [0.15, 0.2) is 0 Å². The van der Waals surface area contributed by atoms with Crippen LogP contribution in [0.4, 0.5) is 0 Å². The van der Waals surface area contributed by atoms with Gasteiger partial charge in [0, 0.05) is 11.9 Å². The zero-order valence-corrected chi connectivity index (χ0v) is 11.1. The van der Waals surface area contributed by atoms with Gasteiger partial charge in [-0.1, -0.05) is 19.1 Å². The fourth-order valence-corrected chi connectivity index (χ4v) is 2.18. The smallest absolute Gasteiger partial charge is 0.337 e. The van der Waals surface area contributed by atoms with Crippen molar-refractivity contribution in [3.63, 3.8) is 0 Å². The minimum absolute atomic E-state index is 0.341. The van der Waals surface area contributed by atoms with Crippen LogP contribution in [0.25, 0.3) is 5.69 Å². The molecule has 4 heteroatoms. The minimum Gasteiger partial charge on any atom is -0.492 e. The maximum Gasteiger partial charge on any atom is 0.337 e. The van der Waals surface area contributed by atoms with E-state index in [1.807, 2.05) is 42.7 Å². The van der Waals surface area contributed by atoms with Crippen LogP contribution in [-0.4, -0.2) is 22.2 Å². The van der Waals surface area contributed by atoms with E-state index >= 15 is 0 Å². The Kier molecular flexibility index (Phi) is 3.90. The number of hydrogen-bond donors (Lipinski definition) is 1. The number of carboxylic acid groups (broad SMARTS) is 1. The molecule has 4 nitrogen and oxygen atoms in total. The van der Waals surface area contributed by atoms with Gasteiger partial charge < -0.3 is 14.4 Å². The lowest BCUT2D eigenvalue weighted by Crippen LogP contribution is -2.06. The Morgan fingerprint density at radius 1 is 1.26 bits per heavy atom. The van der Waals surface area contributed by atoms with E-state index < -0.39 is 5.97 Å². The van der Waals surface area contributed by atoms with Crippen molar-refractivity contribution in [2.75, 3.05) is 6.61 Å². The maximum absolute atomic E-state index is 11.2. The van der Waals surface area contributed by atoms with Crippen LogP contribution in [0.15, 0.2) is 36.5 Å². The third kappa shape index (κ3) is 2.47. The van der Waals surface area contributed by atoms with Gasteiger partial charge in [0.25, 0.3) is 0 Å². The van der Waals surface area contributed by atoms with Crippen molar-refractivity contribution in [2.45, 2.75) is 20.3 Å². The number of nitrogens with zero attached hydrogens (tertiary/aromatic N) is 1. The molecule has 0 amide bonds. The Balaban J connectivity index is 2.56. The molecule has 0 spiro atoms. The summed E-state index contributed by atoms with van der Waals surface area (Å²) in [4.78, 5) is 11.2. The fraction of sp³-hybridized carbons (Fsp3) is 0.267. The first kappa shape index (κ1) is 13.2. The van der Waals surface area contributed by atoms with Gasteiger partial charge in [0.2, 0.25) is 0 Å². The van der Waals surface area contributed by atoms with Gasteiger partial charge in [-0.15, -0.1) is 0 Å². The molecule has 2 rings (SSSR count). The second kappa shape index (κ2) is 5.61. The summed E-state index contributed by atoms with van der Waals surface area (Å²) in [5, 5.41) is 9.19. The first-order chi connectivity index (χ1) is 9.19. The summed E-state index contributed by atoms with van der Waals surface area (Å²) in [5.74, 6) is -0.142. The molecule has 1 aromatic heterocycles. The predicted molar refractivity (Wildman–Crippen MR) is 73.3 cm³/mol. The van der Waals surface area contributed by atoms with Crippen molar-refractivity contribution in [1.29, 1.82) is 0 Å². The van der Waals surface area contributed by atoms with Gasteiger partial charge >= 0.3 is 5.97 Å². The van der Waals surface area contributed by atoms with E-state index in [-0.39, 0.29) is 0 Å². The van der Waals surface area contributed by atoms with Crippen LogP contribution in [0.3, 0.4) is 0 Å². The van der Waals surface area contributed by atoms with E-state index in [0.717, 1.165) is 17.1 Å². The van der Waals surface area contributed by atoms with E-state index in [1.54, 1.807) is 12.3 Å². The van der Waals surface area contributed by atoms with Crippen LogP contribution in [0.5, 0.6) is 5.75 Å². The molecule has 0 aliphatic rings. The van der Waals surface area contributed by atoms with Crippen LogP contribution in [0.1, 0.15) is 29.9 Å². The summed E-state index contributed by atoms with van der Waals surface area (Å²) in [7, 11) is 0.